The van der Waals surface area contributed by atoms with E-state index >= 15 is 0 Å². The van der Waals surface area contributed by atoms with Crippen molar-refractivity contribution in [3.05, 3.63) is 71.5 Å². The molecule has 0 aliphatic carbocycles. The van der Waals surface area contributed by atoms with Crippen LogP contribution in [-0.4, -0.2) is 36.7 Å². The quantitative estimate of drug-likeness (QED) is 0.733. The van der Waals surface area contributed by atoms with Gasteiger partial charge in [0.25, 0.3) is 0 Å². The zero-order valence-corrected chi connectivity index (χ0v) is 16.0. The molecule has 2 heterocycles. The van der Waals surface area contributed by atoms with Crippen LogP contribution in [0.25, 0.3) is 0 Å². The number of aliphatic imine (C=N–C) groups is 1. The second kappa shape index (κ2) is 7.31. The van der Waals surface area contributed by atoms with Gasteiger partial charge in [0, 0.05) is 18.3 Å². The Morgan fingerprint density at radius 2 is 1.71 bits per heavy atom. The summed E-state index contributed by atoms with van der Waals surface area (Å²) in [5, 5.41) is 9.87. The molecule has 144 valence electrons. The third-order valence-corrected chi connectivity index (χ3v) is 4.92. The van der Waals surface area contributed by atoms with Crippen LogP contribution in [0.4, 0.5) is 0 Å². The van der Waals surface area contributed by atoms with Crippen LogP contribution in [0.3, 0.4) is 0 Å². The molecular formula is C22H22N2O4. The van der Waals surface area contributed by atoms with Crippen LogP contribution in [0.1, 0.15) is 22.9 Å². The number of methoxy groups -OCH3 is 3. The molecule has 1 atom stereocenters. The van der Waals surface area contributed by atoms with E-state index < -0.39 is 0 Å². The highest BCUT2D eigenvalue weighted by Crippen LogP contribution is 2.40. The summed E-state index contributed by atoms with van der Waals surface area (Å²) in [4.78, 5) is 5.02. The summed E-state index contributed by atoms with van der Waals surface area (Å²) in [6.45, 7) is 0.708. The molecular weight excluding hydrogens is 356 g/mol. The Morgan fingerprint density at radius 1 is 0.964 bits per heavy atom. The number of nitrogens with zero attached hydrogens (tertiary/aromatic N) is 2. The van der Waals surface area contributed by atoms with Gasteiger partial charge in [0.2, 0.25) is 5.75 Å². The number of aromatic hydroxyl groups is 1. The number of fused-ring (bicyclic) bond motifs is 1. The second-order valence-corrected chi connectivity index (χ2v) is 6.55. The van der Waals surface area contributed by atoms with Gasteiger partial charge in [0.15, 0.2) is 11.5 Å². The van der Waals surface area contributed by atoms with Crippen LogP contribution >= 0.6 is 0 Å². The highest BCUT2D eigenvalue weighted by atomic mass is 16.5. The van der Waals surface area contributed by atoms with E-state index in [0.29, 0.717) is 23.8 Å². The first-order valence-electron chi connectivity index (χ1n) is 8.97. The van der Waals surface area contributed by atoms with Gasteiger partial charge in [-0.05, 0) is 42.0 Å². The van der Waals surface area contributed by atoms with Crippen molar-refractivity contribution < 1.29 is 19.3 Å². The van der Waals surface area contributed by atoms with E-state index in [1.54, 1.807) is 33.5 Å². The van der Waals surface area contributed by atoms with Gasteiger partial charge in [0.05, 0.1) is 38.8 Å². The monoisotopic (exact) mass is 378 g/mol. The Balaban J connectivity index is 1.87. The molecule has 1 aliphatic rings. The first-order valence-corrected chi connectivity index (χ1v) is 8.97. The average molecular weight is 378 g/mol. The van der Waals surface area contributed by atoms with Crippen molar-refractivity contribution in [2.24, 2.45) is 4.99 Å². The summed E-state index contributed by atoms with van der Waals surface area (Å²) < 4.78 is 18.6. The number of rotatable bonds is 5. The standard InChI is InChI=1S/C22H22N2O4/c1-26-19-11-15(12-20(27-2)22(19)28-3)21-18-8-5-9-24(18)13-17(23-21)14-6-4-7-16(25)10-14/h4-12,17,25H,13H2,1-3H3. The maximum atomic E-state index is 9.87. The highest BCUT2D eigenvalue weighted by molar-refractivity contribution is 6.13. The van der Waals surface area contributed by atoms with Crippen molar-refractivity contribution >= 4 is 5.71 Å². The van der Waals surface area contributed by atoms with E-state index in [1.165, 1.54) is 0 Å². The number of ether oxygens (including phenoxy) is 3. The predicted molar refractivity (Wildman–Crippen MR) is 107 cm³/mol. The Hall–Kier alpha value is -3.41. The lowest BCUT2D eigenvalue weighted by Crippen LogP contribution is -2.21. The maximum Gasteiger partial charge on any atom is 0.203 e. The molecule has 28 heavy (non-hydrogen) atoms. The van der Waals surface area contributed by atoms with Crippen molar-refractivity contribution in [3.63, 3.8) is 0 Å². The van der Waals surface area contributed by atoms with Gasteiger partial charge >= 0.3 is 0 Å². The Labute approximate surface area is 163 Å². The van der Waals surface area contributed by atoms with Crippen molar-refractivity contribution in [2.75, 3.05) is 21.3 Å². The van der Waals surface area contributed by atoms with E-state index in [0.717, 1.165) is 22.5 Å². The van der Waals surface area contributed by atoms with Gasteiger partial charge < -0.3 is 23.9 Å². The summed E-state index contributed by atoms with van der Waals surface area (Å²) in [5.74, 6) is 1.94. The van der Waals surface area contributed by atoms with Gasteiger partial charge in [0.1, 0.15) is 5.75 Å². The number of hydrogen-bond acceptors (Lipinski definition) is 5. The van der Waals surface area contributed by atoms with Gasteiger partial charge in [-0.1, -0.05) is 12.1 Å². The number of hydrogen-bond donors (Lipinski definition) is 1. The molecule has 1 N–H and O–H groups in total. The molecule has 0 bridgehead atoms. The molecule has 0 radical (unpaired) electrons. The lowest BCUT2D eigenvalue weighted by atomic mass is 10.0. The summed E-state index contributed by atoms with van der Waals surface area (Å²) in [6.07, 6.45) is 2.04. The summed E-state index contributed by atoms with van der Waals surface area (Å²) in [6, 6.07) is 15.0. The maximum absolute atomic E-state index is 9.87. The van der Waals surface area contributed by atoms with E-state index in [4.69, 9.17) is 19.2 Å². The van der Waals surface area contributed by atoms with Gasteiger partial charge in [-0.15, -0.1) is 0 Å². The molecule has 0 saturated heterocycles. The molecule has 6 nitrogen and oxygen atoms in total. The number of benzene rings is 2. The molecule has 0 amide bonds. The van der Waals surface area contributed by atoms with E-state index in [2.05, 4.69) is 4.57 Å². The molecule has 4 rings (SSSR count). The molecule has 2 aromatic carbocycles. The molecule has 1 aliphatic heterocycles. The molecule has 1 aromatic heterocycles. The number of aromatic nitrogens is 1. The van der Waals surface area contributed by atoms with Crippen molar-refractivity contribution in [3.8, 4) is 23.0 Å². The fourth-order valence-electron chi connectivity index (χ4n) is 3.59. The van der Waals surface area contributed by atoms with Gasteiger partial charge in [-0.25, -0.2) is 0 Å². The minimum Gasteiger partial charge on any atom is -0.508 e. The lowest BCUT2D eigenvalue weighted by Gasteiger charge is -2.25. The zero-order chi connectivity index (χ0) is 19.7. The summed E-state index contributed by atoms with van der Waals surface area (Å²) in [7, 11) is 4.78. The first-order chi connectivity index (χ1) is 13.6. The minimum atomic E-state index is -0.110. The van der Waals surface area contributed by atoms with Gasteiger partial charge in [-0.2, -0.15) is 0 Å². The van der Waals surface area contributed by atoms with Crippen molar-refractivity contribution in [1.29, 1.82) is 0 Å². The lowest BCUT2D eigenvalue weighted by molar-refractivity contribution is 0.324. The molecule has 0 saturated carbocycles. The molecule has 3 aromatic rings. The zero-order valence-electron chi connectivity index (χ0n) is 16.0. The Bertz CT molecular complexity index is 1010. The molecule has 6 heteroatoms. The fraction of sp³-hybridized carbons (Fsp3) is 0.227. The second-order valence-electron chi connectivity index (χ2n) is 6.55. The van der Waals surface area contributed by atoms with Crippen LogP contribution < -0.4 is 14.2 Å². The molecule has 0 fully saturated rings. The van der Waals surface area contributed by atoms with Crippen molar-refractivity contribution in [2.45, 2.75) is 12.6 Å². The van der Waals surface area contributed by atoms with Crippen LogP contribution in [0.15, 0.2) is 59.7 Å². The Kier molecular flexibility index (Phi) is 4.69. The SMILES string of the molecule is COc1cc(C2=NC(c3cccc(O)c3)Cn3cccc32)cc(OC)c1OC. The topological polar surface area (TPSA) is 65.2 Å². The molecule has 1 unspecified atom stereocenters. The van der Waals surface area contributed by atoms with E-state index in [9.17, 15) is 5.11 Å². The number of phenols is 1. The van der Waals surface area contributed by atoms with Gasteiger partial charge in [-0.3, -0.25) is 4.99 Å². The largest absolute Gasteiger partial charge is 0.508 e. The van der Waals surface area contributed by atoms with E-state index in [-0.39, 0.29) is 11.8 Å². The van der Waals surface area contributed by atoms with Crippen LogP contribution in [0.5, 0.6) is 23.0 Å². The predicted octanol–water partition coefficient (Wildman–Crippen LogP) is 3.81. The summed E-state index contributed by atoms with van der Waals surface area (Å²) >= 11 is 0. The Morgan fingerprint density at radius 3 is 2.36 bits per heavy atom. The summed E-state index contributed by atoms with van der Waals surface area (Å²) in [5.41, 5.74) is 3.69. The third kappa shape index (κ3) is 3.07. The smallest absolute Gasteiger partial charge is 0.203 e. The highest BCUT2D eigenvalue weighted by Gasteiger charge is 2.25. The third-order valence-electron chi connectivity index (χ3n) is 4.92. The first kappa shape index (κ1) is 18.0. The minimum absolute atomic E-state index is 0.110. The number of phenolic OH excluding ortho intramolecular Hbond substituents is 1. The van der Waals surface area contributed by atoms with Crippen LogP contribution in [-0.2, 0) is 6.54 Å². The van der Waals surface area contributed by atoms with Crippen molar-refractivity contribution in [1.82, 2.24) is 4.57 Å². The van der Waals surface area contributed by atoms with E-state index in [1.807, 2.05) is 42.6 Å². The average Bonchev–Trinajstić information content (AvgIpc) is 3.20. The molecule has 0 spiro atoms. The van der Waals surface area contributed by atoms with Crippen LogP contribution in [0.2, 0.25) is 0 Å². The van der Waals surface area contributed by atoms with Crippen LogP contribution in [0, 0.1) is 0 Å². The fourth-order valence-corrected chi connectivity index (χ4v) is 3.59. The normalized spacial score (nSPS) is 15.5.